The summed E-state index contributed by atoms with van der Waals surface area (Å²) in [7, 11) is 0. The lowest BCUT2D eigenvalue weighted by molar-refractivity contribution is -0.115. The third-order valence-corrected chi connectivity index (χ3v) is 6.06. The fourth-order valence-corrected chi connectivity index (χ4v) is 4.55. The molecule has 204 valence electrons. The highest BCUT2D eigenvalue weighted by Crippen LogP contribution is 2.34. The lowest BCUT2D eigenvalue weighted by Gasteiger charge is -2.31. The molecule has 0 unspecified atom stereocenters. The van der Waals surface area contributed by atoms with E-state index in [9.17, 15) is 13.6 Å². The van der Waals surface area contributed by atoms with Gasteiger partial charge >= 0.3 is 0 Å². The molecule has 4 rings (SSSR count). The average molecular weight is 525 g/mol. The molecule has 0 atom stereocenters. The summed E-state index contributed by atoms with van der Waals surface area (Å²) in [6.07, 6.45) is -0.281. The Labute approximate surface area is 225 Å². The number of hydrazine groups is 2. The Balaban J connectivity index is 0.00000280. The number of carbonyl (C=O) groups excluding carboxylic acids is 1. The maximum atomic E-state index is 14.3. The quantitative estimate of drug-likeness (QED) is 0.274. The van der Waals surface area contributed by atoms with Gasteiger partial charge in [-0.1, -0.05) is 70.2 Å². The number of amidine groups is 1. The number of hydrogen-bond acceptors (Lipinski definition) is 6. The molecule has 0 saturated carbocycles. The maximum absolute atomic E-state index is 14.3. The number of hydrazone groups is 1. The van der Waals surface area contributed by atoms with E-state index in [4.69, 9.17) is 0 Å². The smallest absolute Gasteiger partial charge is 0.228 e. The van der Waals surface area contributed by atoms with Gasteiger partial charge in [-0.05, 0) is 41.2 Å². The number of anilines is 2. The van der Waals surface area contributed by atoms with Crippen LogP contribution < -0.4 is 26.7 Å². The van der Waals surface area contributed by atoms with Gasteiger partial charge in [0.1, 0.15) is 0 Å². The minimum Gasteiger partial charge on any atom is -0.369 e. The molecule has 0 radical (unpaired) electrons. The molecule has 1 heterocycles. The van der Waals surface area contributed by atoms with Gasteiger partial charge in [-0.3, -0.25) is 10.2 Å². The van der Waals surface area contributed by atoms with Gasteiger partial charge in [0.15, 0.2) is 17.5 Å². The second-order valence-electron chi connectivity index (χ2n) is 10.2. The topological polar surface area (TPSA) is 80.8 Å². The van der Waals surface area contributed by atoms with Crippen molar-refractivity contribution >= 4 is 23.1 Å². The molecule has 1 aliphatic heterocycles. The van der Waals surface area contributed by atoms with E-state index in [-0.39, 0.29) is 14.8 Å². The number of rotatable bonds is 10. The zero-order chi connectivity index (χ0) is 27.2. The van der Waals surface area contributed by atoms with E-state index < -0.39 is 17.5 Å². The third kappa shape index (κ3) is 6.47. The van der Waals surface area contributed by atoms with Crippen LogP contribution in [0.3, 0.4) is 0 Å². The first-order valence-corrected chi connectivity index (χ1v) is 12.8. The number of carbonyl (C=O) groups is 1. The highest BCUT2D eigenvalue weighted by atomic mass is 19.2. The Morgan fingerprint density at radius 2 is 1.68 bits per heavy atom. The van der Waals surface area contributed by atoms with Crippen LogP contribution in [0.25, 0.3) is 11.1 Å². The highest BCUT2D eigenvalue weighted by Gasteiger charge is 2.20. The molecule has 0 fully saturated rings. The predicted octanol–water partition coefficient (Wildman–Crippen LogP) is 5.70. The Kier molecular flexibility index (Phi) is 8.58. The van der Waals surface area contributed by atoms with Crippen molar-refractivity contribution in [3.63, 3.8) is 0 Å². The Bertz CT molecular complexity index is 1330. The fourth-order valence-electron chi connectivity index (χ4n) is 4.55. The molecule has 0 bridgehead atoms. The van der Waals surface area contributed by atoms with Crippen LogP contribution >= 0.6 is 0 Å². The zero-order valence-electron chi connectivity index (χ0n) is 22.1. The molecule has 4 N–H and O–H groups in total. The van der Waals surface area contributed by atoms with Crippen molar-refractivity contribution in [3.05, 3.63) is 83.4 Å². The van der Waals surface area contributed by atoms with Crippen LogP contribution in [0.4, 0.5) is 20.2 Å². The zero-order valence-corrected chi connectivity index (χ0v) is 22.1. The van der Waals surface area contributed by atoms with E-state index in [1.165, 1.54) is 12.1 Å². The van der Waals surface area contributed by atoms with Crippen molar-refractivity contribution in [1.29, 1.82) is 0 Å². The van der Waals surface area contributed by atoms with E-state index in [2.05, 4.69) is 59.5 Å². The number of nitrogens with zero attached hydrogens (tertiary/aromatic N) is 2. The summed E-state index contributed by atoms with van der Waals surface area (Å²) in [5.74, 6) is -0.972. The average Bonchev–Trinajstić information content (AvgIpc) is 3.41. The van der Waals surface area contributed by atoms with Gasteiger partial charge in [-0.25, -0.2) is 14.3 Å². The summed E-state index contributed by atoms with van der Waals surface area (Å²) in [5, 5.41) is 7.23. The fraction of sp³-hybridized carbons (Fsp3) is 0.310. The standard InChI is InChI=1S/C29H34F2N6O.2H2/c1-18(2)16-37(17-19(3)4)26-13-12-20(22-9-5-6-10-23(22)29-33-35-36-34-29)14-25(26)32-27(38)15-21-8-7-11-24(30)28(21)31;;/h5-14,18-19,35-36H,15-17H2,1-4H3,(H,32,38)(H,33,34);2*1H. The molecule has 0 aromatic heterocycles. The summed E-state index contributed by atoms with van der Waals surface area (Å²) < 4.78 is 28.0. The number of hydrogen-bond donors (Lipinski definition) is 4. The lowest BCUT2D eigenvalue weighted by atomic mass is 9.97. The monoisotopic (exact) mass is 524 g/mol. The molecule has 3 aromatic carbocycles. The summed E-state index contributed by atoms with van der Waals surface area (Å²) >= 11 is 0. The first kappa shape index (κ1) is 27.1. The summed E-state index contributed by atoms with van der Waals surface area (Å²) in [4.78, 5) is 15.4. The predicted molar refractivity (Wildman–Crippen MR) is 153 cm³/mol. The Hall–Kier alpha value is -3.98. The SMILES string of the molecule is CC(C)CN(CC(C)C)c1ccc(-c2ccccc2C2=NNNN2)cc1NC(=O)Cc1cccc(F)c1F.[HH].[HH]. The molecule has 0 saturated heterocycles. The molecular weight excluding hydrogens is 486 g/mol. The van der Waals surface area contributed by atoms with Crippen molar-refractivity contribution in [3.8, 4) is 11.1 Å². The van der Waals surface area contributed by atoms with E-state index in [1.807, 2.05) is 42.5 Å². The summed E-state index contributed by atoms with van der Waals surface area (Å²) in [5.41, 5.74) is 12.6. The van der Waals surface area contributed by atoms with E-state index in [0.717, 1.165) is 41.5 Å². The van der Waals surface area contributed by atoms with Gasteiger partial charge in [0, 0.05) is 27.1 Å². The van der Waals surface area contributed by atoms with Crippen molar-refractivity contribution in [2.75, 3.05) is 23.3 Å². The van der Waals surface area contributed by atoms with Crippen LogP contribution in [-0.4, -0.2) is 24.8 Å². The van der Waals surface area contributed by atoms with Gasteiger partial charge < -0.3 is 10.2 Å². The van der Waals surface area contributed by atoms with Crippen LogP contribution in [0.15, 0.2) is 65.8 Å². The second kappa shape index (κ2) is 12.0. The summed E-state index contributed by atoms with van der Waals surface area (Å²) in [6.45, 7) is 10.2. The van der Waals surface area contributed by atoms with Crippen LogP contribution in [0.5, 0.6) is 0 Å². The minimum atomic E-state index is -1.00. The van der Waals surface area contributed by atoms with Crippen LogP contribution in [0, 0.1) is 23.5 Å². The molecule has 3 aromatic rings. The van der Waals surface area contributed by atoms with Crippen LogP contribution in [-0.2, 0) is 11.2 Å². The normalized spacial score (nSPS) is 12.8. The Morgan fingerprint density at radius 3 is 2.34 bits per heavy atom. The number of nitrogens with one attached hydrogen (secondary N) is 4. The van der Waals surface area contributed by atoms with Crippen molar-refractivity contribution in [2.45, 2.75) is 34.1 Å². The molecule has 38 heavy (non-hydrogen) atoms. The first-order valence-electron chi connectivity index (χ1n) is 12.8. The molecule has 7 nitrogen and oxygen atoms in total. The van der Waals surface area contributed by atoms with E-state index >= 15 is 0 Å². The maximum Gasteiger partial charge on any atom is 0.228 e. The molecule has 9 heteroatoms. The number of halogens is 2. The van der Waals surface area contributed by atoms with Gasteiger partial charge in [0.2, 0.25) is 5.91 Å². The van der Waals surface area contributed by atoms with Crippen molar-refractivity contribution in [2.24, 2.45) is 16.9 Å². The van der Waals surface area contributed by atoms with E-state index in [1.54, 1.807) is 0 Å². The molecule has 1 amide bonds. The third-order valence-electron chi connectivity index (χ3n) is 6.06. The van der Waals surface area contributed by atoms with Crippen molar-refractivity contribution in [1.82, 2.24) is 16.5 Å². The van der Waals surface area contributed by atoms with Crippen molar-refractivity contribution < 1.29 is 16.4 Å². The van der Waals surface area contributed by atoms with E-state index in [0.29, 0.717) is 23.4 Å². The van der Waals surface area contributed by atoms with Gasteiger partial charge in [-0.2, -0.15) is 0 Å². The van der Waals surface area contributed by atoms with Crippen LogP contribution in [0.2, 0.25) is 0 Å². The molecule has 0 aliphatic carbocycles. The first-order chi connectivity index (χ1) is 18.2. The highest BCUT2D eigenvalue weighted by molar-refractivity contribution is 6.05. The molecular formula is C29H38F2N6O. The van der Waals surface area contributed by atoms with Gasteiger partial charge in [-0.15, -0.1) is 10.6 Å². The second-order valence-corrected chi connectivity index (χ2v) is 10.2. The Morgan fingerprint density at radius 1 is 0.974 bits per heavy atom. The lowest BCUT2D eigenvalue weighted by Crippen LogP contribution is -2.35. The number of amides is 1. The number of benzene rings is 3. The molecule has 0 spiro atoms. The van der Waals surface area contributed by atoms with Gasteiger partial charge in [0.25, 0.3) is 0 Å². The van der Waals surface area contributed by atoms with Gasteiger partial charge in [0.05, 0.1) is 17.8 Å². The minimum absolute atomic E-state index is 0. The largest absolute Gasteiger partial charge is 0.369 e. The molecule has 1 aliphatic rings. The van der Waals surface area contributed by atoms with Crippen LogP contribution in [0.1, 0.15) is 41.7 Å². The summed E-state index contributed by atoms with van der Waals surface area (Å²) in [6, 6.07) is 17.6.